The van der Waals surface area contributed by atoms with Crippen molar-refractivity contribution in [3.63, 3.8) is 0 Å². The van der Waals surface area contributed by atoms with Gasteiger partial charge in [0.25, 0.3) is 0 Å². The van der Waals surface area contributed by atoms with E-state index in [-0.39, 0.29) is 5.02 Å². The molecule has 1 aliphatic rings. The summed E-state index contributed by atoms with van der Waals surface area (Å²) in [4.78, 5) is 7.17. The molecule has 1 fully saturated rings. The van der Waals surface area contributed by atoms with Crippen LogP contribution in [0.2, 0.25) is 5.02 Å². The van der Waals surface area contributed by atoms with Gasteiger partial charge in [0, 0.05) is 23.7 Å². The van der Waals surface area contributed by atoms with Gasteiger partial charge >= 0.3 is 0 Å². The molecule has 164 valence electrons. The van der Waals surface area contributed by atoms with Crippen LogP contribution in [-0.2, 0) is 0 Å². The molecule has 0 spiro atoms. The molecule has 1 saturated heterocycles. The number of nitrogens with zero attached hydrogens (tertiary/aromatic N) is 2. The van der Waals surface area contributed by atoms with Crippen LogP contribution in [0.25, 0.3) is 10.9 Å². The van der Waals surface area contributed by atoms with Crippen molar-refractivity contribution >= 4 is 34.0 Å². The number of rotatable bonds is 8. The summed E-state index contributed by atoms with van der Waals surface area (Å²) in [6.45, 7) is 4.07. The van der Waals surface area contributed by atoms with Crippen molar-refractivity contribution in [2.45, 2.75) is 25.7 Å². The molecule has 2 heterocycles. The summed E-state index contributed by atoms with van der Waals surface area (Å²) >= 11 is 5.87. The molecule has 2 aromatic carbocycles. The van der Waals surface area contributed by atoms with Crippen molar-refractivity contribution in [3.8, 4) is 11.5 Å². The summed E-state index contributed by atoms with van der Waals surface area (Å²) in [6.07, 6.45) is 4.91. The fourth-order valence-corrected chi connectivity index (χ4v) is 4.03. The highest BCUT2D eigenvalue weighted by atomic mass is 35.5. The lowest BCUT2D eigenvalue weighted by atomic mass is 10.1. The number of likely N-dealkylation sites (tertiary alicyclic amines) is 1. The third-order valence-electron chi connectivity index (χ3n) is 5.49. The van der Waals surface area contributed by atoms with E-state index >= 15 is 0 Å². The van der Waals surface area contributed by atoms with Gasteiger partial charge in [-0.2, -0.15) is 0 Å². The molecule has 0 saturated carbocycles. The van der Waals surface area contributed by atoms with Crippen LogP contribution in [0.4, 0.5) is 15.9 Å². The van der Waals surface area contributed by atoms with Crippen LogP contribution in [-0.4, -0.2) is 43.2 Å². The van der Waals surface area contributed by atoms with Crippen LogP contribution in [0, 0.1) is 5.82 Å². The number of methoxy groups -OCH3 is 1. The van der Waals surface area contributed by atoms with Gasteiger partial charge in [0.15, 0.2) is 11.5 Å². The summed E-state index contributed by atoms with van der Waals surface area (Å²) in [5.41, 5.74) is 1.45. The second-order valence-corrected chi connectivity index (χ2v) is 8.16. The summed E-state index contributed by atoms with van der Waals surface area (Å²) in [5.74, 6) is 1.56. The second-order valence-electron chi connectivity index (χ2n) is 7.75. The molecule has 1 N–H and O–H groups in total. The number of halogens is 2. The summed E-state index contributed by atoms with van der Waals surface area (Å²) in [5, 5.41) is 4.17. The molecule has 0 bridgehead atoms. The molecule has 3 aromatic rings. The SMILES string of the molecule is COc1cc2ccc(Nc3ccc(F)c(Cl)c3)nc2cc1OCCCN1CCCCC1. The van der Waals surface area contributed by atoms with E-state index in [0.717, 1.165) is 23.9 Å². The van der Waals surface area contributed by atoms with Crippen molar-refractivity contribution in [1.82, 2.24) is 9.88 Å². The van der Waals surface area contributed by atoms with Crippen LogP contribution < -0.4 is 14.8 Å². The van der Waals surface area contributed by atoms with Gasteiger partial charge < -0.3 is 19.7 Å². The van der Waals surface area contributed by atoms with Crippen LogP contribution >= 0.6 is 11.6 Å². The van der Waals surface area contributed by atoms with Crippen molar-refractivity contribution in [3.05, 3.63) is 53.3 Å². The van der Waals surface area contributed by atoms with Gasteiger partial charge in [-0.15, -0.1) is 0 Å². The molecule has 0 unspecified atom stereocenters. The molecular formula is C24H27ClFN3O2. The lowest BCUT2D eigenvalue weighted by Gasteiger charge is -2.26. The topological polar surface area (TPSA) is 46.6 Å². The van der Waals surface area contributed by atoms with E-state index in [1.54, 1.807) is 13.2 Å². The molecule has 1 aliphatic heterocycles. The van der Waals surface area contributed by atoms with Crippen molar-refractivity contribution in [2.24, 2.45) is 0 Å². The molecule has 31 heavy (non-hydrogen) atoms. The maximum Gasteiger partial charge on any atom is 0.163 e. The van der Waals surface area contributed by atoms with Crippen LogP contribution in [0.3, 0.4) is 0 Å². The Balaban J connectivity index is 1.45. The van der Waals surface area contributed by atoms with E-state index in [0.29, 0.717) is 29.6 Å². The molecule has 7 heteroatoms. The second kappa shape index (κ2) is 10.2. The summed E-state index contributed by atoms with van der Waals surface area (Å²) in [7, 11) is 1.64. The molecular weight excluding hydrogens is 417 g/mol. The minimum absolute atomic E-state index is 0.0655. The first-order chi connectivity index (χ1) is 15.1. The number of benzene rings is 2. The van der Waals surface area contributed by atoms with Crippen LogP contribution in [0.5, 0.6) is 11.5 Å². The summed E-state index contributed by atoms with van der Waals surface area (Å²) < 4.78 is 25.0. The highest BCUT2D eigenvalue weighted by molar-refractivity contribution is 6.31. The first kappa shape index (κ1) is 21.7. The zero-order valence-electron chi connectivity index (χ0n) is 17.7. The van der Waals surface area contributed by atoms with Gasteiger partial charge in [-0.3, -0.25) is 0 Å². The number of piperidine rings is 1. The van der Waals surface area contributed by atoms with E-state index in [2.05, 4.69) is 15.2 Å². The zero-order chi connectivity index (χ0) is 21.6. The number of hydrogen-bond acceptors (Lipinski definition) is 5. The average Bonchev–Trinajstić information content (AvgIpc) is 2.79. The van der Waals surface area contributed by atoms with E-state index in [9.17, 15) is 4.39 Å². The Hall–Kier alpha value is -2.57. The van der Waals surface area contributed by atoms with Crippen LogP contribution in [0.15, 0.2) is 42.5 Å². The lowest BCUT2D eigenvalue weighted by molar-refractivity contribution is 0.203. The normalized spacial score (nSPS) is 14.5. The van der Waals surface area contributed by atoms with Gasteiger partial charge in [-0.05, 0) is 68.8 Å². The molecule has 0 aliphatic carbocycles. The first-order valence-corrected chi connectivity index (χ1v) is 11.1. The predicted octanol–water partition coefficient (Wildman–Crippen LogP) is 6.03. The Kier molecular flexibility index (Phi) is 7.10. The lowest BCUT2D eigenvalue weighted by Crippen LogP contribution is -2.31. The van der Waals surface area contributed by atoms with E-state index in [1.165, 1.54) is 44.5 Å². The molecule has 5 nitrogen and oxygen atoms in total. The zero-order valence-corrected chi connectivity index (χ0v) is 18.4. The fraction of sp³-hybridized carbons (Fsp3) is 0.375. The van der Waals surface area contributed by atoms with E-state index < -0.39 is 5.82 Å². The Labute approximate surface area is 187 Å². The number of hydrogen-bond donors (Lipinski definition) is 1. The molecule has 1 aromatic heterocycles. The fourth-order valence-electron chi connectivity index (χ4n) is 3.85. The molecule has 0 radical (unpaired) electrons. The van der Waals surface area contributed by atoms with Crippen molar-refractivity contribution in [2.75, 3.05) is 38.7 Å². The number of aromatic nitrogens is 1. The monoisotopic (exact) mass is 443 g/mol. The molecule has 0 atom stereocenters. The maximum atomic E-state index is 13.4. The summed E-state index contributed by atoms with van der Waals surface area (Å²) in [6, 6.07) is 12.1. The van der Waals surface area contributed by atoms with Gasteiger partial charge in [-0.25, -0.2) is 9.37 Å². The van der Waals surface area contributed by atoms with E-state index in [4.69, 9.17) is 21.1 Å². The Morgan fingerprint density at radius 1 is 1.06 bits per heavy atom. The third kappa shape index (κ3) is 5.57. The quantitative estimate of drug-likeness (QED) is 0.430. The molecule has 0 amide bonds. The Morgan fingerprint density at radius 3 is 2.68 bits per heavy atom. The number of pyridine rings is 1. The highest BCUT2D eigenvalue weighted by Crippen LogP contribution is 2.33. The number of ether oxygens (including phenoxy) is 2. The first-order valence-electron chi connectivity index (χ1n) is 10.7. The Bertz CT molecular complexity index is 1040. The standard InChI is InChI=1S/C24H27ClFN3O2/c1-30-22-14-17-6-9-24(27-18-7-8-20(26)19(25)15-18)28-21(17)16-23(22)31-13-5-12-29-10-3-2-4-11-29/h6-9,14-16H,2-5,10-13H2,1H3,(H,27,28). The minimum atomic E-state index is -0.451. The minimum Gasteiger partial charge on any atom is -0.493 e. The van der Waals surface area contributed by atoms with Crippen molar-refractivity contribution in [1.29, 1.82) is 0 Å². The Morgan fingerprint density at radius 2 is 1.90 bits per heavy atom. The smallest absolute Gasteiger partial charge is 0.163 e. The number of nitrogens with one attached hydrogen (secondary N) is 1. The van der Waals surface area contributed by atoms with Gasteiger partial charge in [0.05, 0.1) is 24.3 Å². The average molecular weight is 444 g/mol. The van der Waals surface area contributed by atoms with E-state index in [1.807, 2.05) is 24.3 Å². The van der Waals surface area contributed by atoms with Gasteiger partial charge in [0.2, 0.25) is 0 Å². The molecule has 4 rings (SSSR count). The van der Waals surface area contributed by atoms with Crippen molar-refractivity contribution < 1.29 is 13.9 Å². The third-order valence-corrected chi connectivity index (χ3v) is 5.78. The maximum absolute atomic E-state index is 13.4. The largest absolute Gasteiger partial charge is 0.493 e. The number of fused-ring (bicyclic) bond motifs is 1. The van der Waals surface area contributed by atoms with Gasteiger partial charge in [0.1, 0.15) is 11.6 Å². The number of anilines is 2. The highest BCUT2D eigenvalue weighted by Gasteiger charge is 2.12. The predicted molar refractivity (Wildman–Crippen MR) is 123 cm³/mol. The van der Waals surface area contributed by atoms with Crippen LogP contribution in [0.1, 0.15) is 25.7 Å². The van der Waals surface area contributed by atoms with Gasteiger partial charge in [-0.1, -0.05) is 18.0 Å².